The molecule has 5 aliphatic heterocycles. The molecule has 1 amide bonds. The number of benzene rings is 3. The van der Waals surface area contributed by atoms with Gasteiger partial charge in [-0.05, 0) is 43.5 Å². The molecule has 1 N–H and O–H groups in total. The zero-order valence-corrected chi connectivity index (χ0v) is 28.1. The summed E-state index contributed by atoms with van der Waals surface area (Å²) in [4.78, 5) is 34.6. The number of carboxylic acids is 1. The van der Waals surface area contributed by atoms with Crippen molar-refractivity contribution < 1.29 is 33.3 Å². The minimum atomic E-state index is -1.18. The van der Waals surface area contributed by atoms with Crippen LogP contribution in [-0.4, -0.2) is 103 Å². The largest absolute Gasteiger partial charge is 0.478 e. The number of amides is 1. The lowest BCUT2D eigenvalue weighted by molar-refractivity contribution is -0.0701. The molecule has 4 saturated heterocycles. The summed E-state index contributed by atoms with van der Waals surface area (Å²) in [6.07, 6.45) is 2.85. The Morgan fingerprint density at radius 1 is 0.878 bits per heavy atom. The lowest BCUT2D eigenvalue weighted by Gasteiger charge is -2.43. The number of carbonyl (C=O) groups is 2. The fourth-order valence-corrected chi connectivity index (χ4v) is 9.12. The van der Waals surface area contributed by atoms with Crippen molar-refractivity contribution in [3.63, 3.8) is 0 Å². The molecule has 0 spiro atoms. The van der Waals surface area contributed by atoms with E-state index in [1.165, 1.54) is 4.90 Å². The zero-order chi connectivity index (χ0) is 33.6. The number of fused-ring (bicyclic) bond motifs is 4. The van der Waals surface area contributed by atoms with Crippen LogP contribution >= 0.6 is 23.2 Å². The van der Waals surface area contributed by atoms with Crippen LogP contribution in [0.15, 0.2) is 42.5 Å². The van der Waals surface area contributed by atoms with Crippen LogP contribution in [0.3, 0.4) is 0 Å². The summed E-state index contributed by atoms with van der Waals surface area (Å²) in [5.74, 6) is -1.76. The van der Waals surface area contributed by atoms with Gasteiger partial charge in [0.05, 0.1) is 78.0 Å². The number of morpholine rings is 1. The number of rotatable bonds is 6. The first-order valence-electron chi connectivity index (χ1n) is 16.8. The molecule has 1 saturated carbocycles. The number of nitrogens with zero attached hydrogens (tertiary/aromatic N) is 4. The average molecular weight is 710 g/mol. The maximum Gasteiger partial charge on any atom is 0.337 e. The fraction of sp³-hybridized carbons (Fsp3) is 0.444. The summed E-state index contributed by atoms with van der Waals surface area (Å²) < 4.78 is 33.0. The van der Waals surface area contributed by atoms with Crippen LogP contribution in [0, 0.1) is 5.82 Å². The van der Waals surface area contributed by atoms with E-state index in [2.05, 4.69) is 14.7 Å². The molecule has 49 heavy (non-hydrogen) atoms. The summed E-state index contributed by atoms with van der Waals surface area (Å²) in [5.41, 5.74) is 2.94. The smallest absolute Gasteiger partial charge is 0.337 e. The van der Waals surface area contributed by atoms with Crippen molar-refractivity contribution >= 4 is 46.5 Å². The highest BCUT2D eigenvalue weighted by Gasteiger charge is 2.52. The van der Waals surface area contributed by atoms with Gasteiger partial charge in [0.25, 0.3) is 5.91 Å². The topological polar surface area (TPSA) is 95.0 Å². The monoisotopic (exact) mass is 708 g/mol. The first-order valence-corrected chi connectivity index (χ1v) is 17.6. The van der Waals surface area contributed by atoms with E-state index in [1.54, 1.807) is 18.2 Å². The van der Waals surface area contributed by atoms with E-state index >= 15 is 4.39 Å². The van der Waals surface area contributed by atoms with Crippen molar-refractivity contribution in [1.82, 2.24) is 9.80 Å². The molecule has 3 aromatic rings. The molecule has 0 radical (unpaired) electrons. The predicted molar refractivity (Wildman–Crippen MR) is 182 cm³/mol. The van der Waals surface area contributed by atoms with Gasteiger partial charge in [-0.2, -0.15) is 0 Å². The SMILES string of the molecule is O=C(O)c1cc(F)c(-c2cccc3c2OCN(C(=O)c2c(Cl)cc(N4CCN(C5COC5)C5CC54)cc2Cl)C3)cc1N1C2CCC1COC2. The minimum absolute atomic E-state index is 0.0340. The van der Waals surface area contributed by atoms with Gasteiger partial charge in [-0.1, -0.05) is 41.4 Å². The molecule has 256 valence electrons. The quantitative estimate of drug-likeness (QED) is 0.355. The molecule has 13 heteroatoms. The number of aromatic carboxylic acids is 1. The van der Waals surface area contributed by atoms with Crippen molar-refractivity contribution in [2.24, 2.45) is 0 Å². The third kappa shape index (κ3) is 5.24. The number of carbonyl (C=O) groups excluding carboxylic acids is 1. The molecule has 5 heterocycles. The first-order chi connectivity index (χ1) is 23.8. The maximum atomic E-state index is 15.7. The highest BCUT2D eigenvalue weighted by atomic mass is 35.5. The summed E-state index contributed by atoms with van der Waals surface area (Å²) in [5, 5.41) is 10.6. The van der Waals surface area contributed by atoms with Crippen LogP contribution in [0.4, 0.5) is 15.8 Å². The molecular weight excluding hydrogens is 674 g/mol. The van der Waals surface area contributed by atoms with Crippen molar-refractivity contribution in [3.8, 4) is 16.9 Å². The van der Waals surface area contributed by atoms with E-state index < -0.39 is 11.8 Å². The molecule has 10 nitrogen and oxygen atoms in total. The normalized spacial score (nSPS) is 26.1. The zero-order valence-electron chi connectivity index (χ0n) is 26.6. The van der Waals surface area contributed by atoms with E-state index in [1.807, 2.05) is 18.2 Å². The Bertz CT molecular complexity index is 1840. The maximum absolute atomic E-state index is 15.7. The minimum Gasteiger partial charge on any atom is -0.478 e. The van der Waals surface area contributed by atoms with Gasteiger partial charge >= 0.3 is 5.97 Å². The van der Waals surface area contributed by atoms with E-state index in [9.17, 15) is 14.7 Å². The first kappa shape index (κ1) is 31.4. The van der Waals surface area contributed by atoms with Gasteiger partial charge < -0.3 is 34.0 Å². The molecule has 5 fully saturated rings. The van der Waals surface area contributed by atoms with Crippen LogP contribution in [0.2, 0.25) is 10.0 Å². The lowest BCUT2D eigenvalue weighted by atomic mass is 9.96. The Labute approximate surface area is 292 Å². The number of hydrogen-bond acceptors (Lipinski definition) is 8. The Kier molecular flexibility index (Phi) is 7.70. The van der Waals surface area contributed by atoms with Crippen molar-refractivity contribution in [3.05, 3.63) is 75.0 Å². The molecule has 4 atom stereocenters. The molecule has 4 unspecified atom stereocenters. The van der Waals surface area contributed by atoms with Gasteiger partial charge in [-0.15, -0.1) is 0 Å². The number of ether oxygens (including phenoxy) is 3. The van der Waals surface area contributed by atoms with Gasteiger partial charge in [0.1, 0.15) is 11.6 Å². The second-order valence-electron chi connectivity index (χ2n) is 13.8. The third-order valence-electron chi connectivity index (χ3n) is 11.0. The van der Waals surface area contributed by atoms with Gasteiger partial charge in [0.15, 0.2) is 6.73 Å². The number of carboxylic acid groups (broad SMARTS) is 1. The van der Waals surface area contributed by atoms with Gasteiger partial charge in [-0.3, -0.25) is 9.69 Å². The van der Waals surface area contributed by atoms with Crippen LogP contribution < -0.4 is 14.5 Å². The highest BCUT2D eigenvalue weighted by molar-refractivity contribution is 6.40. The molecule has 3 aromatic carbocycles. The molecule has 9 rings (SSSR count). The van der Waals surface area contributed by atoms with E-state index in [0.29, 0.717) is 53.9 Å². The Hall–Kier alpha value is -3.61. The van der Waals surface area contributed by atoms with Gasteiger partial charge in [0, 0.05) is 47.6 Å². The Balaban J connectivity index is 0.968. The van der Waals surface area contributed by atoms with E-state index in [0.717, 1.165) is 57.3 Å². The van der Waals surface area contributed by atoms with Crippen LogP contribution in [0.1, 0.15) is 45.5 Å². The second-order valence-corrected chi connectivity index (χ2v) is 14.6. The number of halogens is 3. The van der Waals surface area contributed by atoms with Crippen LogP contribution in [-0.2, 0) is 16.0 Å². The highest BCUT2D eigenvalue weighted by Crippen LogP contribution is 2.45. The van der Waals surface area contributed by atoms with Crippen molar-refractivity contribution in [2.75, 3.05) is 56.0 Å². The molecule has 1 aliphatic carbocycles. The summed E-state index contributed by atoms with van der Waals surface area (Å²) in [6, 6.07) is 13.2. The van der Waals surface area contributed by atoms with Gasteiger partial charge in [-0.25, -0.2) is 9.18 Å². The fourth-order valence-electron chi connectivity index (χ4n) is 8.48. The number of para-hydroxylation sites is 1. The Morgan fingerprint density at radius 3 is 2.29 bits per heavy atom. The number of anilines is 2. The number of piperazine rings is 1. The van der Waals surface area contributed by atoms with Crippen LogP contribution in [0.5, 0.6) is 5.75 Å². The molecule has 2 bridgehead atoms. The van der Waals surface area contributed by atoms with Crippen molar-refractivity contribution in [1.29, 1.82) is 0 Å². The Morgan fingerprint density at radius 2 is 1.59 bits per heavy atom. The summed E-state index contributed by atoms with van der Waals surface area (Å²) in [7, 11) is 0. The average Bonchev–Trinajstić information content (AvgIpc) is 3.83. The number of hydrogen-bond donors (Lipinski definition) is 1. The summed E-state index contributed by atoms with van der Waals surface area (Å²) >= 11 is 13.6. The van der Waals surface area contributed by atoms with E-state index in [-0.39, 0.29) is 58.0 Å². The van der Waals surface area contributed by atoms with Gasteiger partial charge in [0.2, 0.25) is 0 Å². The summed E-state index contributed by atoms with van der Waals surface area (Å²) in [6.45, 7) is 4.51. The predicted octanol–water partition coefficient (Wildman–Crippen LogP) is 5.52. The van der Waals surface area contributed by atoms with Crippen LogP contribution in [0.25, 0.3) is 11.1 Å². The van der Waals surface area contributed by atoms with Crippen molar-refractivity contribution in [2.45, 2.75) is 56.0 Å². The molecule has 0 aromatic heterocycles. The third-order valence-corrected chi connectivity index (χ3v) is 11.6. The second kappa shape index (κ2) is 12.0. The molecule has 6 aliphatic rings. The molecular formula is C36H35Cl2FN4O6. The standard InChI is InChI=1S/C36H35Cl2FN4O6/c37-27-8-22(41-6-7-42(23-16-48-17-23)32-12-31(32)41)9-28(38)33(27)35(44)40-13-19-2-1-3-24(34(19)49-18-40)25-11-30(26(36(45)46)10-29(25)39)43-20-4-5-21(43)15-47-14-20/h1-3,8-11,20-21,23,31-32H,4-7,12-18H2,(H,45,46). The van der Waals surface area contributed by atoms with E-state index in [4.69, 9.17) is 37.4 Å². The lowest BCUT2D eigenvalue weighted by Crippen LogP contribution is -2.56.